The first kappa shape index (κ1) is 25.3. The van der Waals surface area contributed by atoms with Crippen LogP contribution < -0.4 is 4.74 Å². The van der Waals surface area contributed by atoms with Gasteiger partial charge in [0.05, 0.1) is 23.2 Å². The van der Waals surface area contributed by atoms with E-state index in [0.29, 0.717) is 19.1 Å². The largest absolute Gasteiger partial charge is 0.491 e. The van der Waals surface area contributed by atoms with E-state index in [-0.39, 0.29) is 17.6 Å². The van der Waals surface area contributed by atoms with E-state index in [0.717, 1.165) is 78.4 Å². The number of para-hydroxylation sites is 2. The van der Waals surface area contributed by atoms with Crippen molar-refractivity contribution in [1.82, 2.24) is 14.9 Å². The van der Waals surface area contributed by atoms with Crippen LogP contribution in [0.25, 0.3) is 22.1 Å². The van der Waals surface area contributed by atoms with Crippen LogP contribution in [0.5, 0.6) is 5.75 Å². The summed E-state index contributed by atoms with van der Waals surface area (Å²) in [5.74, 6) is 1.28. The molecule has 3 aliphatic rings. The number of rotatable bonds is 6. The minimum atomic E-state index is -0.197. The minimum Gasteiger partial charge on any atom is -0.491 e. The van der Waals surface area contributed by atoms with Crippen LogP contribution in [-0.2, 0) is 23.2 Å². The maximum absolute atomic E-state index is 13.6. The van der Waals surface area contributed by atoms with Gasteiger partial charge in [0.25, 0.3) is 0 Å². The van der Waals surface area contributed by atoms with Crippen molar-refractivity contribution in [2.45, 2.75) is 76.4 Å². The fourth-order valence-corrected chi connectivity index (χ4v) is 7.68. The molecule has 1 aromatic heterocycles. The third-order valence-corrected chi connectivity index (χ3v) is 9.60. The lowest BCUT2D eigenvalue weighted by molar-refractivity contribution is -0.0134. The summed E-state index contributed by atoms with van der Waals surface area (Å²) in [4.78, 5) is 25.9. The fourth-order valence-electron chi connectivity index (χ4n) is 7.68. The number of likely N-dealkylation sites (tertiary alicyclic amines) is 1. The average Bonchev–Trinajstić information content (AvgIpc) is 3.00. The second-order valence-electron chi connectivity index (χ2n) is 11.8. The van der Waals surface area contributed by atoms with Crippen molar-refractivity contribution < 1.29 is 14.3 Å². The van der Waals surface area contributed by atoms with Crippen molar-refractivity contribution in [1.29, 1.82) is 0 Å². The van der Waals surface area contributed by atoms with Gasteiger partial charge in [0, 0.05) is 18.0 Å². The maximum atomic E-state index is 13.6. The molecule has 4 aromatic rings. The first-order valence-electron chi connectivity index (χ1n) is 15.0. The van der Waals surface area contributed by atoms with Gasteiger partial charge in [0.15, 0.2) is 0 Å². The van der Waals surface area contributed by atoms with E-state index in [1.165, 1.54) is 24.0 Å². The highest BCUT2D eigenvalue weighted by Crippen LogP contribution is 2.57. The zero-order chi connectivity index (χ0) is 27.1. The normalized spacial score (nSPS) is 23.5. The van der Waals surface area contributed by atoms with Gasteiger partial charge in [-0.2, -0.15) is 0 Å². The number of benzene rings is 3. The SMILES string of the molecule is CCCCOc1cc2c(c3nc4ccccc4nc13)C[C@H]1[C@H]3CCCC[C@@]23CCN1C(=O)OCc1ccccc1. The third kappa shape index (κ3) is 4.20. The zero-order valence-electron chi connectivity index (χ0n) is 23.3. The van der Waals surface area contributed by atoms with E-state index in [2.05, 4.69) is 13.0 Å². The molecule has 6 heteroatoms. The van der Waals surface area contributed by atoms with Crippen LogP contribution in [0.2, 0.25) is 0 Å². The van der Waals surface area contributed by atoms with Crippen molar-refractivity contribution in [2.24, 2.45) is 5.92 Å². The molecular formula is C34H37N3O3. The Hall–Kier alpha value is -3.67. The molecule has 0 unspecified atom stereocenters. The van der Waals surface area contributed by atoms with Gasteiger partial charge in [0.2, 0.25) is 0 Å². The number of aromatic nitrogens is 2. The third-order valence-electron chi connectivity index (χ3n) is 9.60. The van der Waals surface area contributed by atoms with Crippen LogP contribution in [0.15, 0.2) is 60.7 Å². The van der Waals surface area contributed by atoms with Crippen molar-refractivity contribution >= 4 is 28.2 Å². The number of unbranched alkanes of at least 4 members (excludes halogenated alkanes) is 1. The van der Waals surface area contributed by atoms with Gasteiger partial charge in [-0.1, -0.05) is 68.7 Å². The van der Waals surface area contributed by atoms with Gasteiger partial charge in [-0.15, -0.1) is 0 Å². The van der Waals surface area contributed by atoms with Gasteiger partial charge < -0.3 is 14.4 Å². The van der Waals surface area contributed by atoms with Gasteiger partial charge in [-0.05, 0) is 72.9 Å². The van der Waals surface area contributed by atoms with Gasteiger partial charge in [-0.25, -0.2) is 14.8 Å². The van der Waals surface area contributed by atoms with Crippen molar-refractivity contribution in [3.05, 3.63) is 77.4 Å². The maximum Gasteiger partial charge on any atom is 0.410 e. The highest BCUT2D eigenvalue weighted by atomic mass is 16.6. The first-order chi connectivity index (χ1) is 19.7. The summed E-state index contributed by atoms with van der Waals surface area (Å²) in [7, 11) is 0. The van der Waals surface area contributed by atoms with Gasteiger partial charge in [0.1, 0.15) is 17.9 Å². The Morgan fingerprint density at radius 1 is 1.00 bits per heavy atom. The quantitative estimate of drug-likeness (QED) is 0.191. The van der Waals surface area contributed by atoms with E-state index in [1.807, 2.05) is 59.5 Å². The lowest BCUT2D eigenvalue weighted by Gasteiger charge is -2.58. The minimum absolute atomic E-state index is 0.0388. The number of fused-ring (bicyclic) bond motifs is 4. The Balaban J connectivity index is 1.32. The molecule has 2 heterocycles. The highest BCUT2D eigenvalue weighted by molar-refractivity contribution is 5.93. The molecule has 0 spiro atoms. The predicted molar refractivity (Wildman–Crippen MR) is 157 cm³/mol. The Morgan fingerprint density at radius 2 is 1.77 bits per heavy atom. The molecule has 0 radical (unpaired) electrons. The van der Waals surface area contributed by atoms with E-state index in [1.54, 1.807) is 0 Å². The summed E-state index contributed by atoms with van der Waals surface area (Å²) in [5.41, 5.74) is 7.26. The number of hydrogen-bond acceptors (Lipinski definition) is 5. The van der Waals surface area contributed by atoms with Crippen molar-refractivity contribution in [2.75, 3.05) is 13.2 Å². The molecule has 0 N–H and O–H groups in total. The van der Waals surface area contributed by atoms with Crippen LogP contribution >= 0.6 is 0 Å². The molecule has 3 atom stereocenters. The zero-order valence-corrected chi connectivity index (χ0v) is 23.3. The Labute approximate surface area is 235 Å². The van der Waals surface area contributed by atoms with Crippen LogP contribution in [0, 0.1) is 5.92 Å². The number of ether oxygens (including phenoxy) is 2. The molecule has 2 fully saturated rings. The first-order valence-corrected chi connectivity index (χ1v) is 15.0. The van der Waals surface area contributed by atoms with Crippen LogP contribution in [0.1, 0.15) is 68.6 Å². The van der Waals surface area contributed by atoms with E-state index in [4.69, 9.17) is 19.4 Å². The molecule has 6 nitrogen and oxygen atoms in total. The smallest absolute Gasteiger partial charge is 0.410 e. The monoisotopic (exact) mass is 535 g/mol. The van der Waals surface area contributed by atoms with Crippen LogP contribution in [-0.4, -0.2) is 40.2 Å². The average molecular weight is 536 g/mol. The molecular weight excluding hydrogens is 498 g/mol. The predicted octanol–water partition coefficient (Wildman–Crippen LogP) is 7.36. The summed E-state index contributed by atoms with van der Waals surface area (Å²) in [6.45, 7) is 3.89. The number of carbonyl (C=O) groups is 1. The van der Waals surface area contributed by atoms with E-state index in [9.17, 15) is 4.79 Å². The summed E-state index contributed by atoms with van der Waals surface area (Å²) < 4.78 is 12.3. The molecule has 1 aliphatic heterocycles. The Bertz CT molecular complexity index is 1550. The number of hydrogen-bond donors (Lipinski definition) is 0. The fraction of sp³-hybridized carbons (Fsp3) is 0.441. The van der Waals surface area contributed by atoms with E-state index >= 15 is 0 Å². The van der Waals surface area contributed by atoms with Crippen molar-refractivity contribution in [3.8, 4) is 5.75 Å². The molecule has 1 saturated heterocycles. The number of carbonyl (C=O) groups excluding carboxylic acids is 1. The molecule has 40 heavy (non-hydrogen) atoms. The molecule has 1 saturated carbocycles. The molecule has 2 bridgehead atoms. The molecule has 3 aromatic carbocycles. The lowest BCUT2D eigenvalue weighted by atomic mass is 9.52. The van der Waals surface area contributed by atoms with Crippen LogP contribution in [0.4, 0.5) is 4.79 Å². The number of piperidine rings is 1. The summed E-state index contributed by atoms with van der Waals surface area (Å²) >= 11 is 0. The molecule has 2 aliphatic carbocycles. The van der Waals surface area contributed by atoms with Gasteiger partial charge >= 0.3 is 6.09 Å². The van der Waals surface area contributed by atoms with E-state index < -0.39 is 0 Å². The second-order valence-corrected chi connectivity index (χ2v) is 11.8. The molecule has 1 amide bonds. The standard InChI is InChI=1S/C34H37N3O3/c1-2-3-19-39-30-21-26-24(31-32(30)36-28-15-8-7-14-27(28)35-31)20-29-25-13-9-10-16-34(25,26)17-18-37(29)33(38)40-22-23-11-5-4-6-12-23/h4-8,11-12,14-15,21,25,29H,2-3,9-10,13,16-20,22H2,1H3/t25-,29+,34+/m1/s1. The number of amides is 1. The lowest BCUT2D eigenvalue weighted by Crippen LogP contribution is -2.62. The topological polar surface area (TPSA) is 64.6 Å². The van der Waals surface area contributed by atoms with Crippen LogP contribution in [0.3, 0.4) is 0 Å². The van der Waals surface area contributed by atoms with Crippen molar-refractivity contribution in [3.63, 3.8) is 0 Å². The number of nitrogens with zero attached hydrogens (tertiary/aromatic N) is 3. The summed E-state index contributed by atoms with van der Waals surface area (Å²) in [5, 5.41) is 0. The summed E-state index contributed by atoms with van der Waals surface area (Å²) in [6.07, 6.45) is 8.34. The molecule has 206 valence electrons. The second kappa shape index (κ2) is 10.4. The summed E-state index contributed by atoms with van der Waals surface area (Å²) in [6, 6.07) is 20.5. The van der Waals surface area contributed by atoms with Gasteiger partial charge in [-0.3, -0.25) is 0 Å². The highest BCUT2D eigenvalue weighted by Gasteiger charge is 2.55. The Morgan fingerprint density at radius 3 is 2.58 bits per heavy atom. The Kier molecular flexibility index (Phi) is 6.57. The molecule has 7 rings (SSSR count).